The molecule has 1 aromatic rings. The van der Waals surface area contributed by atoms with E-state index < -0.39 is 30.4 Å². The average molecular weight is 281 g/mol. The molecule has 0 spiro atoms. The number of rotatable bonds is 6. The van der Waals surface area contributed by atoms with Gasteiger partial charge in [-0.25, -0.2) is 9.59 Å². The van der Waals surface area contributed by atoms with Gasteiger partial charge in [-0.2, -0.15) is 0 Å². The quantitative estimate of drug-likeness (QED) is 0.589. The third-order valence-corrected chi connectivity index (χ3v) is 2.34. The zero-order valence-corrected chi connectivity index (χ0v) is 10.8. The molecular weight excluding hydrogens is 266 g/mol. The second-order valence-corrected chi connectivity index (χ2v) is 3.89. The molecule has 108 valence electrons. The van der Waals surface area contributed by atoms with E-state index in [4.69, 9.17) is 15.6 Å². The second-order valence-electron chi connectivity index (χ2n) is 3.89. The van der Waals surface area contributed by atoms with Gasteiger partial charge in [-0.1, -0.05) is 6.07 Å². The van der Waals surface area contributed by atoms with E-state index in [0.29, 0.717) is 11.4 Å². The Balaban J connectivity index is 2.65. The van der Waals surface area contributed by atoms with E-state index in [1.807, 2.05) is 0 Å². The van der Waals surface area contributed by atoms with E-state index in [0.717, 1.165) is 0 Å². The van der Waals surface area contributed by atoms with Crippen molar-refractivity contribution in [3.05, 3.63) is 24.3 Å². The lowest BCUT2D eigenvalue weighted by molar-refractivity contribution is -0.140. The van der Waals surface area contributed by atoms with Crippen molar-refractivity contribution in [1.82, 2.24) is 5.32 Å². The van der Waals surface area contributed by atoms with Crippen molar-refractivity contribution in [2.24, 2.45) is 5.73 Å². The predicted octanol–water partition coefficient (Wildman–Crippen LogP) is 0.145. The molecule has 0 radical (unpaired) electrons. The van der Waals surface area contributed by atoms with E-state index in [2.05, 4.69) is 10.6 Å². The standard InChI is InChI=1S/C12H15N3O5/c1-20-8-4-2-3-7(5-8)14-12(19)15-9(11(17)18)6-10(13)16/h2-5,9H,6H2,1H3,(H2,13,16)(H,17,18)(H2,14,15,19). The Bertz CT molecular complexity index is 518. The molecule has 5 N–H and O–H groups in total. The minimum atomic E-state index is -1.38. The van der Waals surface area contributed by atoms with Crippen LogP contribution < -0.4 is 21.1 Å². The van der Waals surface area contributed by atoms with E-state index >= 15 is 0 Å². The van der Waals surface area contributed by atoms with Crippen molar-refractivity contribution < 1.29 is 24.2 Å². The number of carboxylic acids is 1. The molecule has 0 aliphatic rings. The number of amides is 3. The number of nitrogens with one attached hydrogen (secondary N) is 2. The molecule has 0 aromatic heterocycles. The van der Waals surface area contributed by atoms with Crippen molar-refractivity contribution >= 4 is 23.6 Å². The molecule has 1 atom stereocenters. The summed E-state index contributed by atoms with van der Waals surface area (Å²) in [5.74, 6) is -1.63. The van der Waals surface area contributed by atoms with Crippen molar-refractivity contribution in [2.45, 2.75) is 12.5 Å². The Morgan fingerprint density at radius 3 is 2.65 bits per heavy atom. The van der Waals surface area contributed by atoms with Crippen molar-refractivity contribution in [1.29, 1.82) is 0 Å². The molecule has 8 nitrogen and oxygen atoms in total. The van der Waals surface area contributed by atoms with Gasteiger partial charge in [-0.3, -0.25) is 4.79 Å². The van der Waals surface area contributed by atoms with Crippen LogP contribution in [0.3, 0.4) is 0 Å². The molecular formula is C12H15N3O5. The number of carboxylic acid groups (broad SMARTS) is 1. The predicted molar refractivity (Wildman–Crippen MR) is 70.4 cm³/mol. The fourth-order valence-electron chi connectivity index (χ4n) is 1.43. The van der Waals surface area contributed by atoms with Crippen LogP contribution in [0.2, 0.25) is 0 Å². The Labute approximate surface area is 114 Å². The number of nitrogens with two attached hydrogens (primary N) is 1. The number of carbonyl (C=O) groups is 3. The summed E-state index contributed by atoms with van der Waals surface area (Å²) in [5, 5.41) is 13.4. The lowest BCUT2D eigenvalue weighted by atomic mass is 10.2. The molecule has 1 unspecified atom stereocenters. The number of urea groups is 1. The summed E-state index contributed by atoms with van der Waals surface area (Å²) in [6.07, 6.45) is -0.485. The SMILES string of the molecule is COc1cccc(NC(=O)NC(CC(N)=O)C(=O)O)c1. The fourth-order valence-corrected chi connectivity index (χ4v) is 1.43. The van der Waals surface area contributed by atoms with Crippen LogP contribution >= 0.6 is 0 Å². The van der Waals surface area contributed by atoms with Gasteiger partial charge in [0.05, 0.1) is 13.5 Å². The Morgan fingerprint density at radius 2 is 2.10 bits per heavy atom. The summed E-state index contributed by atoms with van der Waals surface area (Å²) < 4.78 is 4.98. The molecule has 1 aromatic carbocycles. The number of hydrogen-bond acceptors (Lipinski definition) is 4. The normalized spacial score (nSPS) is 11.2. The lowest BCUT2D eigenvalue weighted by Gasteiger charge is -2.14. The summed E-state index contributed by atoms with van der Waals surface area (Å²) in [5.41, 5.74) is 5.33. The molecule has 0 heterocycles. The summed E-state index contributed by atoms with van der Waals surface area (Å²) in [4.78, 5) is 33.2. The molecule has 1 rings (SSSR count). The summed E-state index contributed by atoms with van der Waals surface area (Å²) in [7, 11) is 1.48. The minimum Gasteiger partial charge on any atom is -0.497 e. The number of methoxy groups -OCH3 is 1. The minimum absolute atomic E-state index is 0.421. The first kappa shape index (κ1) is 15.3. The molecule has 0 fully saturated rings. The van der Waals surface area contributed by atoms with Gasteiger partial charge in [0, 0.05) is 11.8 Å². The average Bonchev–Trinajstić information content (AvgIpc) is 2.37. The van der Waals surface area contributed by atoms with Gasteiger partial charge in [0.25, 0.3) is 0 Å². The number of benzene rings is 1. The zero-order valence-electron chi connectivity index (χ0n) is 10.8. The van der Waals surface area contributed by atoms with Crippen LogP contribution in [0.15, 0.2) is 24.3 Å². The highest BCUT2D eigenvalue weighted by Crippen LogP contribution is 2.16. The van der Waals surface area contributed by atoms with Crippen molar-refractivity contribution in [2.75, 3.05) is 12.4 Å². The second kappa shape index (κ2) is 6.98. The van der Waals surface area contributed by atoms with Gasteiger partial charge in [-0.05, 0) is 12.1 Å². The van der Waals surface area contributed by atoms with Crippen molar-refractivity contribution in [3.8, 4) is 5.75 Å². The largest absolute Gasteiger partial charge is 0.497 e. The number of carbonyl (C=O) groups excluding carboxylic acids is 2. The molecule has 0 aliphatic heterocycles. The van der Waals surface area contributed by atoms with Crippen LogP contribution in [0, 0.1) is 0 Å². The first-order valence-corrected chi connectivity index (χ1v) is 5.65. The van der Waals surface area contributed by atoms with Crippen LogP contribution in [0.4, 0.5) is 10.5 Å². The highest BCUT2D eigenvalue weighted by Gasteiger charge is 2.22. The highest BCUT2D eigenvalue weighted by atomic mass is 16.5. The number of primary amides is 1. The smallest absolute Gasteiger partial charge is 0.326 e. The van der Waals surface area contributed by atoms with Crippen LogP contribution in [0.1, 0.15) is 6.42 Å². The van der Waals surface area contributed by atoms with E-state index in [9.17, 15) is 14.4 Å². The Morgan fingerprint density at radius 1 is 1.40 bits per heavy atom. The fraction of sp³-hybridized carbons (Fsp3) is 0.250. The molecule has 0 aliphatic carbocycles. The third kappa shape index (κ3) is 4.84. The molecule has 3 amide bonds. The maximum absolute atomic E-state index is 11.6. The van der Waals surface area contributed by atoms with E-state index in [-0.39, 0.29) is 0 Å². The van der Waals surface area contributed by atoms with Crippen molar-refractivity contribution in [3.63, 3.8) is 0 Å². The maximum Gasteiger partial charge on any atom is 0.326 e. The Kier molecular flexibility index (Phi) is 5.33. The molecule has 8 heteroatoms. The number of hydrogen-bond donors (Lipinski definition) is 4. The zero-order chi connectivity index (χ0) is 15.1. The number of ether oxygens (including phenoxy) is 1. The van der Waals surface area contributed by atoms with Gasteiger partial charge in [0.2, 0.25) is 5.91 Å². The van der Waals surface area contributed by atoms with Gasteiger partial charge in [-0.15, -0.1) is 0 Å². The third-order valence-electron chi connectivity index (χ3n) is 2.34. The summed E-state index contributed by atoms with van der Waals surface area (Å²) >= 11 is 0. The summed E-state index contributed by atoms with van der Waals surface area (Å²) in [6.45, 7) is 0. The van der Waals surface area contributed by atoms with E-state index in [1.165, 1.54) is 7.11 Å². The molecule has 20 heavy (non-hydrogen) atoms. The van der Waals surface area contributed by atoms with Crippen LogP contribution in [0.5, 0.6) is 5.75 Å². The van der Waals surface area contributed by atoms with Gasteiger partial charge >= 0.3 is 12.0 Å². The topological polar surface area (TPSA) is 131 Å². The number of anilines is 1. The maximum atomic E-state index is 11.6. The molecule has 0 saturated heterocycles. The van der Waals surface area contributed by atoms with E-state index in [1.54, 1.807) is 24.3 Å². The van der Waals surface area contributed by atoms with Gasteiger partial charge < -0.3 is 26.2 Å². The van der Waals surface area contributed by atoms with Crippen LogP contribution in [-0.4, -0.2) is 36.2 Å². The van der Waals surface area contributed by atoms with Gasteiger partial charge in [0.1, 0.15) is 11.8 Å². The monoisotopic (exact) mass is 281 g/mol. The Hall–Kier alpha value is -2.77. The van der Waals surface area contributed by atoms with Gasteiger partial charge in [0.15, 0.2) is 0 Å². The first-order valence-electron chi connectivity index (χ1n) is 5.65. The molecule has 0 saturated carbocycles. The number of aliphatic carboxylic acids is 1. The van der Waals surface area contributed by atoms with Crippen LogP contribution in [-0.2, 0) is 9.59 Å². The highest BCUT2D eigenvalue weighted by molar-refractivity contribution is 5.93. The molecule has 0 bridgehead atoms. The van der Waals surface area contributed by atoms with Crippen LogP contribution in [0.25, 0.3) is 0 Å². The summed E-state index contributed by atoms with van der Waals surface area (Å²) in [6, 6.07) is 4.38. The first-order chi connectivity index (χ1) is 9.42. The lowest BCUT2D eigenvalue weighted by Crippen LogP contribution is -2.45.